The Bertz CT molecular complexity index is 260. The third kappa shape index (κ3) is 6.00. The van der Waals surface area contributed by atoms with Gasteiger partial charge in [-0.2, -0.15) is 5.26 Å². The molecule has 0 aliphatic rings. The van der Waals surface area contributed by atoms with Crippen LogP contribution in [-0.4, -0.2) is 24.9 Å². The molecule has 2 N–H and O–H groups in total. The molecule has 5 heteroatoms. The largest absolute Gasteiger partial charge is 0.347 e. The molecule has 0 saturated carbocycles. The van der Waals surface area contributed by atoms with Gasteiger partial charge in [-0.3, -0.25) is 9.59 Å². The van der Waals surface area contributed by atoms with Gasteiger partial charge in [0.05, 0.1) is 6.07 Å². The van der Waals surface area contributed by atoms with Gasteiger partial charge in [-0.25, -0.2) is 0 Å². The second-order valence-corrected chi connectivity index (χ2v) is 4.08. The Morgan fingerprint density at radius 2 is 1.71 bits per heavy atom. The Balaban J connectivity index is 3.87. The molecule has 78 valence electrons. The van der Waals surface area contributed by atoms with Gasteiger partial charge in [0.2, 0.25) is 0 Å². The smallest absolute Gasteiger partial charge is 0.310 e. The number of amides is 2. The molecule has 0 fully saturated rings. The van der Waals surface area contributed by atoms with Gasteiger partial charge in [0, 0.05) is 6.54 Å². The predicted octanol–water partition coefficient (Wildman–Crippen LogP) is -0.212. The van der Waals surface area contributed by atoms with E-state index < -0.39 is 11.8 Å². The molecule has 5 nitrogen and oxygen atoms in total. The van der Waals surface area contributed by atoms with E-state index in [0.29, 0.717) is 6.54 Å². The van der Waals surface area contributed by atoms with Crippen LogP contribution in [0, 0.1) is 16.7 Å². The summed E-state index contributed by atoms with van der Waals surface area (Å²) in [6, 6.07) is 1.71. The van der Waals surface area contributed by atoms with Crippen LogP contribution in [0.5, 0.6) is 0 Å². The second kappa shape index (κ2) is 5.22. The van der Waals surface area contributed by atoms with Gasteiger partial charge in [-0.1, -0.05) is 20.8 Å². The molecule has 2 amide bonds. The van der Waals surface area contributed by atoms with E-state index in [2.05, 4.69) is 10.6 Å². The van der Waals surface area contributed by atoms with Crippen LogP contribution < -0.4 is 10.6 Å². The highest BCUT2D eigenvalue weighted by atomic mass is 16.2. The molecule has 0 aliphatic heterocycles. The first kappa shape index (κ1) is 12.4. The molecular formula is C9H15N3O2. The molecule has 0 saturated heterocycles. The third-order valence-electron chi connectivity index (χ3n) is 1.31. The molecule has 0 rings (SSSR count). The molecule has 14 heavy (non-hydrogen) atoms. The van der Waals surface area contributed by atoms with Crippen molar-refractivity contribution in [2.45, 2.75) is 20.8 Å². The summed E-state index contributed by atoms with van der Waals surface area (Å²) in [7, 11) is 0. The zero-order valence-corrected chi connectivity index (χ0v) is 8.68. The van der Waals surface area contributed by atoms with Crippen molar-refractivity contribution in [1.82, 2.24) is 10.6 Å². The van der Waals surface area contributed by atoms with Crippen molar-refractivity contribution >= 4 is 11.8 Å². The fraction of sp³-hybridized carbons (Fsp3) is 0.667. The van der Waals surface area contributed by atoms with Gasteiger partial charge < -0.3 is 10.6 Å². The molecule has 0 spiro atoms. The van der Waals surface area contributed by atoms with Crippen LogP contribution in [0.15, 0.2) is 0 Å². The summed E-state index contributed by atoms with van der Waals surface area (Å²) in [5.41, 5.74) is -0.0643. The van der Waals surface area contributed by atoms with E-state index in [9.17, 15) is 9.59 Å². The minimum absolute atomic E-state index is 0.0643. The van der Waals surface area contributed by atoms with Crippen LogP contribution >= 0.6 is 0 Å². The van der Waals surface area contributed by atoms with Crippen molar-refractivity contribution in [2.75, 3.05) is 13.1 Å². The van der Waals surface area contributed by atoms with Crippen LogP contribution in [0.4, 0.5) is 0 Å². The lowest BCUT2D eigenvalue weighted by Crippen LogP contribution is -2.42. The third-order valence-corrected chi connectivity index (χ3v) is 1.31. The first-order valence-corrected chi connectivity index (χ1v) is 4.30. The minimum atomic E-state index is -0.768. The Morgan fingerprint density at radius 3 is 2.14 bits per heavy atom. The topological polar surface area (TPSA) is 82.0 Å². The van der Waals surface area contributed by atoms with Crippen molar-refractivity contribution in [3.05, 3.63) is 0 Å². The van der Waals surface area contributed by atoms with E-state index in [0.717, 1.165) is 0 Å². The van der Waals surface area contributed by atoms with E-state index in [1.807, 2.05) is 20.8 Å². The summed E-state index contributed by atoms with van der Waals surface area (Å²) in [5.74, 6) is -1.47. The molecule has 0 aromatic carbocycles. The van der Waals surface area contributed by atoms with E-state index >= 15 is 0 Å². The number of nitriles is 1. The quantitative estimate of drug-likeness (QED) is 0.474. The van der Waals surface area contributed by atoms with Gasteiger partial charge in [0.1, 0.15) is 6.54 Å². The number of rotatable bonds is 2. The predicted molar refractivity (Wildman–Crippen MR) is 51.1 cm³/mol. The number of nitrogens with zero attached hydrogens (tertiary/aromatic N) is 1. The number of carbonyl (C=O) groups is 2. The molecular weight excluding hydrogens is 182 g/mol. The lowest BCUT2D eigenvalue weighted by Gasteiger charge is -2.18. The summed E-state index contributed by atoms with van der Waals surface area (Å²) in [6.45, 7) is 6.11. The van der Waals surface area contributed by atoms with E-state index in [-0.39, 0.29) is 12.0 Å². The van der Waals surface area contributed by atoms with Gasteiger partial charge >= 0.3 is 11.8 Å². The van der Waals surface area contributed by atoms with Crippen LogP contribution in [0.25, 0.3) is 0 Å². The maximum absolute atomic E-state index is 11.1. The molecule has 0 aromatic rings. The van der Waals surface area contributed by atoms with Crippen molar-refractivity contribution in [2.24, 2.45) is 5.41 Å². The standard InChI is InChI=1S/C9H15N3O2/c1-9(2,3)6-12-8(14)7(13)11-5-4-10/h5-6H2,1-3H3,(H,11,13)(H,12,14). The molecule has 0 radical (unpaired) electrons. The molecule has 0 unspecified atom stereocenters. The highest BCUT2D eigenvalue weighted by molar-refractivity contribution is 6.35. The summed E-state index contributed by atoms with van der Waals surface area (Å²) in [5, 5.41) is 12.8. The Hall–Kier alpha value is -1.57. The number of nitrogens with one attached hydrogen (secondary N) is 2. The average Bonchev–Trinajstić information content (AvgIpc) is 2.09. The van der Waals surface area contributed by atoms with Gasteiger partial charge in [-0.15, -0.1) is 0 Å². The molecule has 0 bridgehead atoms. The van der Waals surface area contributed by atoms with Gasteiger partial charge in [-0.05, 0) is 5.41 Å². The van der Waals surface area contributed by atoms with Crippen molar-refractivity contribution in [3.63, 3.8) is 0 Å². The number of carbonyl (C=O) groups excluding carboxylic acids is 2. The molecule has 0 atom stereocenters. The fourth-order valence-electron chi connectivity index (χ4n) is 0.626. The van der Waals surface area contributed by atoms with Crippen molar-refractivity contribution < 1.29 is 9.59 Å². The number of hydrogen-bond donors (Lipinski definition) is 2. The first-order chi connectivity index (χ1) is 6.37. The fourth-order valence-corrected chi connectivity index (χ4v) is 0.626. The molecule has 0 aromatic heterocycles. The van der Waals surface area contributed by atoms with E-state index in [1.54, 1.807) is 6.07 Å². The van der Waals surface area contributed by atoms with E-state index in [1.165, 1.54) is 0 Å². The zero-order valence-electron chi connectivity index (χ0n) is 8.68. The van der Waals surface area contributed by atoms with Crippen molar-refractivity contribution in [1.29, 1.82) is 5.26 Å². The SMILES string of the molecule is CC(C)(C)CNC(=O)C(=O)NCC#N. The molecule has 0 aliphatic carbocycles. The lowest BCUT2D eigenvalue weighted by atomic mass is 9.97. The number of hydrogen-bond acceptors (Lipinski definition) is 3. The van der Waals surface area contributed by atoms with Crippen LogP contribution in [0.3, 0.4) is 0 Å². The first-order valence-electron chi connectivity index (χ1n) is 4.30. The van der Waals surface area contributed by atoms with Gasteiger partial charge in [0.25, 0.3) is 0 Å². The Labute approximate surface area is 83.5 Å². The lowest BCUT2D eigenvalue weighted by molar-refractivity contribution is -0.139. The zero-order chi connectivity index (χ0) is 11.2. The van der Waals surface area contributed by atoms with Gasteiger partial charge in [0.15, 0.2) is 0 Å². The summed E-state index contributed by atoms with van der Waals surface area (Å²) in [4.78, 5) is 22.0. The second-order valence-electron chi connectivity index (χ2n) is 4.08. The van der Waals surface area contributed by atoms with Crippen LogP contribution in [0.1, 0.15) is 20.8 Å². The maximum atomic E-state index is 11.1. The highest BCUT2D eigenvalue weighted by Gasteiger charge is 2.16. The minimum Gasteiger partial charge on any atom is -0.347 e. The Morgan fingerprint density at radius 1 is 1.21 bits per heavy atom. The average molecular weight is 197 g/mol. The van der Waals surface area contributed by atoms with Crippen LogP contribution in [-0.2, 0) is 9.59 Å². The van der Waals surface area contributed by atoms with E-state index in [4.69, 9.17) is 5.26 Å². The van der Waals surface area contributed by atoms with Crippen LogP contribution in [0.2, 0.25) is 0 Å². The summed E-state index contributed by atoms with van der Waals surface area (Å²) in [6.07, 6.45) is 0. The maximum Gasteiger partial charge on any atom is 0.310 e. The molecule has 0 heterocycles. The van der Waals surface area contributed by atoms with Crippen molar-refractivity contribution in [3.8, 4) is 6.07 Å². The monoisotopic (exact) mass is 197 g/mol. The summed E-state index contributed by atoms with van der Waals surface area (Å²) >= 11 is 0. The normalized spacial score (nSPS) is 10.1. The summed E-state index contributed by atoms with van der Waals surface area (Å²) < 4.78 is 0. The highest BCUT2D eigenvalue weighted by Crippen LogP contribution is 2.09. The Kier molecular flexibility index (Phi) is 4.64.